The molecular weight excluding hydrogens is 437 g/mol. The average Bonchev–Trinajstić information content (AvgIpc) is 3.26. The number of ketones is 1. The third-order valence-corrected chi connectivity index (χ3v) is 6.92. The molecular formula is C25H30FN5O3. The summed E-state index contributed by atoms with van der Waals surface area (Å²) < 4.78 is 26.1. The SMILES string of the molecule is CC(=O)c1cc(F)c2nc(N3CCC(NC4CCOCC4)CC3)c(-c3nc(C)no3)c(C)c2c1. The molecule has 0 bridgehead atoms. The molecule has 9 heteroatoms. The van der Waals surface area contributed by atoms with E-state index in [9.17, 15) is 4.79 Å². The lowest BCUT2D eigenvalue weighted by Crippen LogP contribution is -2.48. The quantitative estimate of drug-likeness (QED) is 0.563. The molecule has 2 aliphatic rings. The number of hydrogen-bond donors (Lipinski definition) is 1. The highest BCUT2D eigenvalue weighted by Gasteiger charge is 2.29. The molecule has 0 spiro atoms. The van der Waals surface area contributed by atoms with Gasteiger partial charge in [-0.1, -0.05) is 5.16 Å². The number of carbonyl (C=O) groups is 1. The second-order valence-electron chi connectivity index (χ2n) is 9.31. The van der Waals surface area contributed by atoms with Crippen molar-refractivity contribution < 1.29 is 18.4 Å². The number of carbonyl (C=O) groups excluding carboxylic acids is 1. The second-order valence-corrected chi connectivity index (χ2v) is 9.31. The normalized spacial score (nSPS) is 18.1. The Balaban J connectivity index is 1.50. The van der Waals surface area contributed by atoms with Gasteiger partial charge in [-0.15, -0.1) is 0 Å². The number of Topliss-reactive ketones (excluding diaryl/α,β-unsaturated/α-hetero) is 1. The lowest BCUT2D eigenvalue weighted by Gasteiger charge is -2.37. The van der Waals surface area contributed by atoms with Gasteiger partial charge in [0.05, 0.1) is 5.56 Å². The third kappa shape index (κ3) is 4.42. The van der Waals surface area contributed by atoms with Gasteiger partial charge in [-0.25, -0.2) is 9.37 Å². The van der Waals surface area contributed by atoms with Crippen molar-refractivity contribution in [2.45, 2.75) is 58.5 Å². The van der Waals surface area contributed by atoms with Crippen LogP contribution in [0.3, 0.4) is 0 Å². The molecule has 3 aromatic rings. The summed E-state index contributed by atoms with van der Waals surface area (Å²) in [7, 11) is 0. The lowest BCUT2D eigenvalue weighted by atomic mass is 9.98. The first-order valence-electron chi connectivity index (χ1n) is 11.9. The summed E-state index contributed by atoms with van der Waals surface area (Å²) in [6.45, 7) is 8.29. The summed E-state index contributed by atoms with van der Waals surface area (Å²) in [5, 5.41) is 8.33. The summed E-state index contributed by atoms with van der Waals surface area (Å²) in [5.74, 6) is 0.821. The van der Waals surface area contributed by atoms with E-state index in [1.54, 1.807) is 13.0 Å². The van der Waals surface area contributed by atoms with Crippen LogP contribution in [0.15, 0.2) is 16.7 Å². The van der Waals surface area contributed by atoms with Gasteiger partial charge < -0.3 is 19.5 Å². The number of benzene rings is 1. The fraction of sp³-hybridized carbons (Fsp3) is 0.520. The minimum atomic E-state index is -0.503. The number of hydrogen-bond acceptors (Lipinski definition) is 8. The summed E-state index contributed by atoms with van der Waals surface area (Å²) in [5.41, 5.74) is 2.03. The van der Waals surface area contributed by atoms with Crippen molar-refractivity contribution in [2.24, 2.45) is 0 Å². The van der Waals surface area contributed by atoms with Crippen LogP contribution in [0.1, 0.15) is 54.4 Å². The number of halogens is 1. The Bertz CT molecular complexity index is 1210. The molecule has 0 unspecified atom stereocenters. The zero-order valence-corrected chi connectivity index (χ0v) is 19.9. The molecule has 1 aromatic carbocycles. The van der Waals surface area contributed by atoms with E-state index >= 15 is 4.39 Å². The number of rotatable bonds is 5. The lowest BCUT2D eigenvalue weighted by molar-refractivity contribution is 0.0738. The summed E-state index contributed by atoms with van der Waals surface area (Å²) >= 11 is 0. The van der Waals surface area contributed by atoms with Gasteiger partial charge in [0.2, 0.25) is 0 Å². The number of aromatic nitrogens is 3. The molecule has 0 aliphatic carbocycles. The molecule has 180 valence electrons. The van der Waals surface area contributed by atoms with Gasteiger partial charge in [-0.05, 0) is 64.2 Å². The molecule has 34 heavy (non-hydrogen) atoms. The minimum Gasteiger partial charge on any atom is -0.381 e. The first-order chi connectivity index (χ1) is 16.4. The molecule has 5 rings (SSSR count). The van der Waals surface area contributed by atoms with Gasteiger partial charge in [-0.3, -0.25) is 4.79 Å². The molecule has 1 N–H and O–H groups in total. The van der Waals surface area contributed by atoms with Crippen LogP contribution in [-0.4, -0.2) is 59.3 Å². The van der Waals surface area contributed by atoms with Crippen LogP contribution in [0.25, 0.3) is 22.4 Å². The molecule has 4 heterocycles. The van der Waals surface area contributed by atoms with Gasteiger partial charge in [-0.2, -0.15) is 4.98 Å². The highest BCUT2D eigenvalue weighted by atomic mass is 19.1. The number of aryl methyl sites for hydroxylation is 2. The molecule has 0 radical (unpaired) electrons. The fourth-order valence-electron chi connectivity index (χ4n) is 5.01. The molecule has 8 nitrogen and oxygen atoms in total. The number of nitrogens with one attached hydrogen (secondary N) is 1. The van der Waals surface area contributed by atoms with Crippen molar-refractivity contribution in [2.75, 3.05) is 31.2 Å². The predicted octanol–water partition coefficient (Wildman–Crippen LogP) is 3.98. The first kappa shape index (κ1) is 22.9. The number of pyridine rings is 1. The van der Waals surface area contributed by atoms with Gasteiger partial charge in [0.1, 0.15) is 17.2 Å². The van der Waals surface area contributed by atoms with Crippen LogP contribution in [0, 0.1) is 19.7 Å². The highest BCUT2D eigenvalue weighted by Crippen LogP contribution is 2.38. The molecule has 0 atom stereocenters. The van der Waals surface area contributed by atoms with Crippen LogP contribution in [-0.2, 0) is 4.74 Å². The smallest absolute Gasteiger partial charge is 0.261 e. The number of nitrogens with zero attached hydrogens (tertiary/aromatic N) is 4. The Morgan fingerprint density at radius 2 is 1.79 bits per heavy atom. The number of fused-ring (bicyclic) bond motifs is 1. The number of piperidine rings is 1. The van der Waals surface area contributed by atoms with E-state index in [0.717, 1.165) is 57.6 Å². The van der Waals surface area contributed by atoms with Gasteiger partial charge in [0.25, 0.3) is 5.89 Å². The van der Waals surface area contributed by atoms with Crippen LogP contribution < -0.4 is 10.2 Å². The maximum atomic E-state index is 15.1. The molecule has 0 amide bonds. The predicted molar refractivity (Wildman–Crippen MR) is 127 cm³/mol. The van der Waals surface area contributed by atoms with Crippen molar-refractivity contribution in [3.63, 3.8) is 0 Å². The Kier molecular flexibility index (Phi) is 6.31. The van der Waals surface area contributed by atoms with Gasteiger partial charge in [0.15, 0.2) is 11.6 Å². The molecule has 2 aliphatic heterocycles. The van der Waals surface area contributed by atoms with E-state index in [1.165, 1.54) is 13.0 Å². The van der Waals surface area contributed by atoms with Crippen LogP contribution in [0.4, 0.5) is 10.2 Å². The molecule has 2 fully saturated rings. The van der Waals surface area contributed by atoms with Crippen molar-refractivity contribution in [3.05, 3.63) is 34.9 Å². The van der Waals surface area contributed by atoms with Gasteiger partial charge in [0, 0.05) is 49.3 Å². The zero-order valence-electron chi connectivity index (χ0n) is 19.9. The standard InChI is InChI=1S/C25H30FN5O3/c1-14-20-12-17(15(2)32)13-21(26)23(20)29-24(22(14)25-27-16(3)30-34-25)31-8-4-18(5-9-31)28-19-6-10-33-11-7-19/h12-13,18-19,28H,4-11H2,1-3H3. The van der Waals surface area contributed by atoms with Crippen molar-refractivity contribution in [1.29, 1.82) is 0 Å². The molecule has 2 aromatic heterocycles. The maximum Gasteiger partial charge on any atom is 0.261 e. The average molecular weight is 468 g/mol. The number of ether oxygens (including phenoxy) is 1. The van der Waals surface area contributed by atoms with Crippen LogP contribution in [0.5, 0.6) is 0 Å². The molecule has 2 saturated heterocycles. The van der Waals surface area contributed by atoms with E-state index in [1.807, 2.05) is 6.92 Å². The van der Waals surface area contributed by atoms with Crippen LogP contribution in [0.2, 0.25) is 0 Å². The Hall–Kier alpha value is -2.91. The van der Waals surface area contributed by atoms with Crippen molar-refractivity contribution in [1.82, 2.24) is 20.4 Å². The number of anilines is 1. The monoisotopic (exact) mass is 467 g/mol. The Labute approximate surface area is 197 Å². The largest absolute Gasteiger partial charge is 0.381 e. The molecule has 0 saturated carbocycles. The summed E-state index contributed by atoms with van der Waals surface area (Å²) in [6, 6.07) is 3.91. The van der Waals surface area contributed by atoms with Crippen molar-refractivity contribution >= 4 is 22.5 Å². The van der Waals surface area contributed by atoms with E-state index in [0.29, 0.717) is 46.1 Å². The van der Waals surface area contributed by atoms with Crippen molar-refractivity contribution in [3.8, 4) is 11.5 Å². The van der Waals surface area contributed by atoms with E-state index < -0.39 is 5.82 Å². The van der Waals surface area contributed by atoms with E-state index in [-0.39, 0.29) is 11.3 Å². The summed E-state index contributed by atoms with van der Waals surface area (Å²) in [6.07, 6.45) is 4.02. The van der Waals surface area contributed by atoms with Gasteiger partial charge >= 0.3 is 0 Å². The Morgan fingerprint density at radius 3 is 2.44 bits per heavy atom. The zero-order chi connectivity index (χ0) is 23.8. The maximum absolute atomic E-state index is 15.1. The van der Waals surface area contributed by atoms with E-state index in [4.69, 9.17) is 14.2 Å². The highest BCUT2D eigenvalue weighted by molar-refractivity contribution is 6.00. The minimum absolute atomic E-state index is 0.196. The third-order valence-electron chi connectivity index (χ3n) is 6.92. The van der Waals surface area contributed by atoms with E-state index in [2.05, 4.69) is 20.4 Å². The topological polar surface area (TPSA) is 93.4 Å². The fourth-order valence-corrected chi connectivity index (χ4v) is 5.01. The first-order valence-corrected chi connectivity index (χ1v) is 11.9. The summed E-state index contributed by atoms with van der Waals surface area (Å²) in [4.78, 5) is 23.3. The Morgan fingerprint density at radius 1 is 1.09 bits per heavy atom. The van der Waals surface area contributed by atoms with Crippen LogP contribution >= 0.6 is 0 Å². The second kappa shape index (κ2) is 9.38.